The second-order valence-electron chi connectivity index (χ2n) is 3.58. The fraction of sp³-hybridized carbons (Fsp3) is 0.300. The molecule has 0 spiro atoms. The van der Waals surface area contributed by atoms with Gasteiger partial charge in [0.25, 0.3) is 5.91 Å². The highest BCUT2D eigenvalue weighted by atomic mass is 79.9. The smallest absolute Gasteiger partial charge is 0.260 e. The van der Waals surface area contributed by atoms with Crippen molar-refractivity contribution in [2.75, 3.05) is 12.3 Å². The molecule has 0 atom stereocenters. The van der Waals surface area contributed by atoms with Gasteiger partial charge in [0.05, 0.1) is 5.75 Å². The van der Waals surface area contributed by atoms with Crippen molar-refractivity contribution in [1.29, 1.82) is 0 Å². The van der Waals surface area contributed by atoms with Crippen molar-refractivity contribution in [1.82, 2.24) is 4.31 Å². The second-order valence-corrected chi connectivity index (χ2v) is 7.45. The van der Waals surface area contributed by atoms with Crippen LogP contribution in [0.2, 0.25) is 0 Å². The molecule has 7 heteroatoms. The largest absolute Gasteiger partial charge is 0.269 e. The molecule has 0 aromatic carbocycles. The van der Waals surface area contributed by atoms with E-state index in [0.29, 0.717) is 13.0 Å². The van der Waals surface area contributed by atoms with Crippen molar-refractivity contribution in [3.63, 3.8) is 0 Å². The molecule has 4 nitrogen and oxygen atoms in total. The Balaban J connectivity index is 2.10. The Morgan fingerprint density at radius 2 is 2.29 bits per heavy atom. The highest BCUT2D eigenvalue weighted by Gasteiger charge is 2.30. The minimum atomic E-state index is -3.36. The number of rotatable bonds is 2. The molecule has 1 fully saturated rings. The summed E-state index contributed by atoms with van der Waals surface area (Å²) in [5, 5.41) is 1.90. The van der Waals surface area contributed by atoms with Crippen molar-refractivity contribution in [3.05, 3.63) is 26.9 Å². The van der Waals surface area contributed by atoms with E-state index in [9.17, 15) is 13.2 Å². The summed E-state index contributed by atoms with van der Waals surface area (Å²) in [6.45, 7) is 0.291. The zero-order valence-electron chi connectivity index (χ0n) is 8.80. The Morgan fingerprint density at radius 3 is 2.82 bits per heavy atom. The molecule has 92 valence electrons. The topological polar surface area (TPSA) is 54.5 Å². The molecule has 0 N–H and O–H groups in total. The van der Waals surface area contributed by atoms with Gasteiger partial charge in [0.15, 0.2) is 0 Å². The molecule has 0 bridgehead atoms. The van der Waals surface area contributed by atoms with Crippen LogP contribution in [0.15, 0.2) is 22.0 Å². The standard InChI is InChI=1S/C10H10BrNO3S2/c11-8-6-9(16-7-8)2-3-10(13)12-4-1-5-17(12,14)15/h2-3,6-7H,1,4-5H2/b3-2+. The third-order valence-corrected chi connectivity index (χ3v) is 5.82. The molecule has 0 radical (unpaired) electrons. The van der Waals surface area contributed by atoms with Crippen molar-refractivity contribution in [3.8, 4) is 0 Å². The molecule has 2 rings (SSSR count). The lowest BCUT2D eigenvalue weighted by atomic mass is 10.4. The maximum Gasteiger partial charge on any atom is 0.260 e. The van der Waals surface area contributed by atoms with E-state index in [4.69, 9.17) is 0 Å². The van der Waals surface area contributed by atoms with Gasteiger partial charge in [0.2, 0.25) is 10.0 Å². The van der Waals surface area contributed by atoms with Crippen LogP contribution in [-0.4, -0.2) is 30.9 Å². The second kappa shape index (κ2) is 4.91. The lowest BCUT2D eigenvalue weighted by molar-refractivity contribution is -0.121. The zero-order chi connectivity index (χ0) is 12.5. The summed E-state index contributed by atoms with van der Waals surface area (Å²) in [5.41, 5.74) is 0. The van der Waals surface area contributed by atoms with Gasteiger partial charge < -0.3 is 0 Å². The lowest BCUT2D eigenvalue weighted by Gasteiger charge is -2.11. The maximum atomic E-state index is 11.7. The van der Waals surface area contributed by atoms with Gasteiger partial charge in [-0.25, -0.2) is 12.7 Å². The van der Waals surface area contributed by atoms with E-state index in [1.165, 1.54) is 17.4 Å². The highest BCUT2D eigenvalue weighted by Crippen LogP contribution is 2.21. The molecular formula is C10H10BrNO3S2. The van der Waals surface area contributed by atoms with E-state index in [1.807, 2.05) is 11.4 Å². The van der Waals surface area contributed by atoms with Crippen LogP contribution in [0, 0.1) is 0 Å². The molecular weight excluding hydrogens is 326 g/mol. The molecule has 1 aliphatic heterocycles. The van der Waals surface area contributed by atoms with E-state index in [2.05, 4.69) is 15.9 Å². The average Bonchev–Trinajstić information content (AvgIpc) is 2.81. The van der Waals surface area contributed by atoms with Crippen molar-refractivity contribution in [2.45, 2.75) is 6.42 Å². The van der Waals surface area contributed by atoms with Crippen LogP contribution in [0.5, 0.6) is 0 Å². The Bertz CT molecular complexity index is 562. The summed E-state index contributed by atoms with van der Waals surface area (Å²) < 4.78 is 24.9. The van der Waals surface area contributed by atoms with E-state index in [0.717, 1.165) is 13.7 Å². The van der Waals surface area contributed by atoms with Gasteiger partial charge in [-0.3, -0.25) is 4.79 Å². The molecule has 1 saturated heterocycles. The maximum absolute atomic E-state index is 11.7. The van der Waals surface area contributed by atoms with Crippen LogP contribution in [0.1, 0.15) is 11.3 Å². The minimum Gasteiger partial charge on any atom is -0.269 e. The average molecular weight is 336 g/mol. The molecule has 0 aliphatic carbocycles. The monoisotopic (exact) mass is 335 g/mol. The number of halogens is 1. The number of nitrogens with zero attached hydrogens (tertiary/aromatic N) is 1. The third kappa shape index (κ3) is 2.97. The van der Waals surface area contributed by atoms with Crippen molar-refractivity contribution in [2.24, 2.45) is 0 Å². The Labute approximate surface area is 112 Å². The first-order valence-corrected chi connectivity index (χ1v) is 8.24. The van der Waals surface area contributed by atoms with E-state index < -0.39 is 15.9 Å². The molecule has 2 heterocycles. The summed E-state index contributed by atoms with van der Waals surface area (Å²) >= 11 is 4.79. The van der Waals surface area contributed by atoms with E-state index in [1.54, 1.807) is 6.08 Å². The predicted molar refractivity (Wildman–Crippen MR) is 71.2 cm³/mol. The fourth-order valence-electron chi connectivity index (χ4n) is 1.54. The molecule has 0 saturated carbocycles. The Kier molecular flexibility index (Phi) is 3.70. The highest BCUT2D eigenvalue weighted by molar-refractivity contribution is 9.10. The van der Waals surface area contributed by atoms with E-state index >= 15 is 0 Å². The Hall–Kier alpha value is -0.660. The summed E-state index contributed by atoms with van der Waals surface area (Å²) in [6.07, 6.45) is 3.46. The van der Waals surface area contributed by atoms with Gasteiger partial charge in [-0.05, 0) is 34.5 Å². The number of hydrogen-bond donors (Lipinski definition) is 0. The lowest BCUT2D eigenvalue weighted by Crippen LogP contribution is -2.30. The van der Waals surface area contributed by atoms with Crippen LogP contribution in [0.3, 0.4) is 0 Å². The SMILES string of the molecule is O=C(/C=C/c1cc(Br)cs1)N1CCCS1(=O)=O. The molecule has 1 aromatic heterocycles. The van der Waals surface area contributed by atoms with Gasteiger partial charge >= 0.3 is 0 Å². The number of sulfonamides is 1. The molecule has 1 amide bonds. The number of thiophene rings is 1. The first kappa shape index (κ1) is 12.8. The predicted octanol–water partition coefficient (Wildman–Crippen LogP) is 2.09. The minimum absolute atomic E-state index is 0.0666. The van der Waals surface area contributed by atoms with Crippen molar-refractivity contribution < 1.29 is 13.2 Å². The number of carbonyl (C=O) groups excluding carboxylic acids is 1. The molecule has 0 unspecified atom stereocenters. The quantitative estimate of drug-likeness (QED) is 0.777. The van der Waals surface area contributed by atoms with Gasteiger partial charge in [0.1, 0.15) is 0 Å². The summed E-state index contributed by atoms with van der Waals surface area (Å²) in [5.74, 6) is -0.399. The van der Waals surface area contributed by atoms with Crippen LogP contribution in [0.25, 0.3) is 6.08 Å². The van der Waals surface area contributed by atoms with E-state index in [-0.39, 0.29) is 5.75 Å². The first-order chi connectivity index (χ1) is 7.99. The molecule has 17 heavy (non-hydrogen) atoms. The normalized spacial score (nSPS) is 19.0. The third-order valence-electron chi connectivity index (χ3n) is 2.32. The van der Waals surface area contributed by atoms with Crippen molar-refractivity contribution >= 4 is 49.3 Å². The van der Waals surface area contributed by atoms with Crippen LogP contribution in [-0.2, 0) is 14.8 Å². The van der Waals surface area contributed by atoms with Gasteiger partial charge in [0, 0.05) is 27.4 Å². The zero-order valence-corrected chi connectivity index (χ0v) is 12.0. The van der Waals surface area contributed by atoms with Crippen LogP contribution in [0.4, 0.5) is 0 Å². The van der Waals surface area contributed by atoms with Crippen LogP contribution >= 0.6 is 27.3 Å². The molecule has 1 aliphatic rings. The summed E-state index contributed by atoms with van der Waals surface area (Å²) in [6, 6.07) is 1.87. The number of amides is 1. The van der Waals surface area contributed by atoms with Gasteiger partial charge in [-0.15, -0.1) is 11.3 Å². The van der Waals surface area contributed by atoms with Gasteiger partial charge in [-0.2, -0.15) is 0 Å². The number of carbonyl (C=O) groups is 1. The Morgan fingerprint density at radius 1 is 1.53 bits per heavy atom. The fourth-order valence-corrected chi connectivity index (χ4v) is 4.33. The molecule has 1 aromatic rings. The summed E-state index contributed by atoms with van der Waals surface area (Å²) in [7, 11) is -3.36. The van der Waals surface area contributed by atoms with Gasteiger partial charge in [-0.1, -0.05) is 0 Å². The van der Waals surface area contributed by atoms with Crippen LogP contribution < -0.4 is 0 Å². The number of hydrogen-bond acceptors (Lipinski definition) is 4. The first-order valence-electron chi connectivity index (χ1n) is 4.95. The summed E-state index contributed by atoms with van der Waals surface area (Å²) in [4.78, 5) is 12.6.